The molecule has 0 aliphatic carbocycles. The number of aromatic nitrogens is 2. The van der Waals surface area contributed by atoms with Crippen LogP contribution in [0.4, 0.5) is 11.6 Å². The minimum absolute atomic E-state index is 0.119. The molecule has 1 N–H and O–H groups in total. The predicted molar refractivity (Wildman–Crippen MR) is 138 cm³/mol. The summed E-state index contributed by atoms with van der Waals surface area (Å²) < 4.78 is 21.9. The first-order chi connectivity index (χ1) is 17.1. The Morgan fingerprint density at radius 2 is 1.69 bits per heavy atom. The Kier molecular flexibility index (Phi) is 7.34. The normalized spacial score (nSPS) is 18.6. The van der Waals surface area contributed by atoms with E-state index in [1.54, 1.807) is 20.3 Å². The summed E-state index contributed by atoms with van der Waals surface area (Å²) in [7, 11) is 3.10. The maximum atomic E-state index is 6.70. The van der Waals surface area contributed by atoms with Gasteiger partial charge in [0.15, 0.2) is 0 Å². The molecule has 1 atom stereocenters. The maximum absolute atomic E-state index is 6.70. The van der Waals surface area contributed by atoms with Crippen LogP contribution in [-0.2, 0) is 9.47 Å². The van der Waals surface area contributed by atoms with Gasteiger partial charge in [0.2, 0.25) is 0 Å². The summed E-state index contributed by atoms with van der Waals surface area (Å²) in [4.78, 5) is 9.58. The number of methoxy groups -OCH3 is 2. The predicted octanol–water partition coefficient (Wildman–Crippen LogP) is 6.01. The highest BCUT2D eigenvalue weighted by Crippen LogP contribution is 2.47. The van der Waals surface area contributed by atoms with Gasteiger partial charge in [0.25, 0.3) is 0 Å². The number of fused-ring (bicyclic) bond motifs is 1. The van der Waals surface area contributed by atoms with Crippen molar-refractivity contribution in [1.82, 2.24) is 9.97 Å². The van der Waals surface area contributed by atoms with Crippen LogP contribution in [0.5, 0.6) is 11.5 Å². The largest absolute Gasteiger partial charge is 0.495 e. The molecule has 0 amide bonds. The van der Waals surface area contributed by atoms with Crippen molar-refractivity contribution in [2.24, 2.45) is 0 Å². The van der Waals surface area contributed by atoms with Gasteiger partial charge < -0.3 is 34.6 Å². The number of halogens is 2. The number of anilines is 1. The fourth-order valence-electron chi connectivity index (χ4n) is 4.39. The molecule has 1 unspecified atom stereocenters. The Morgan fingerprint density at radius 3 is 2.34 bits per heavy atom. The molecule has 186 valence electrons. The Hall–Kier alpha value is -2.52. The molecule has 0 radical (unpaired) electrons. The third-order valence-corrected chi connectivity index (χ3v) is 7.05. The first-order valence-electron chi connectivity index (χ1n) is 11.6. The minimum Gasteiger partial charge on any atom is -0.495 e. The van der Waals surface area contributed by atoms with E-state index in [1.807, 2.05) is 18.3 Å². The molecular formula is C25H27Cl2N4O4-. The van der Waals surface area contributed by atoms with E-state index in [0.717, 1.165) is 42.5 Å². The second-order valence-electron chi connectivity index (χ2n) is 8.58. The Balaban J connectivity index is 1.62. The lowest BCUT2D eigenvalue weighted by Crippen LogP contribution is -2.20. The molecule has 10 heteroatoms. The molecule has 4 heterocycles. The van der Waals surface area contributed by atoms with Crippen LogP contribution < -0.4 is 14.8 Å². The summed E-state index contributed by atoms with van der Waals surface area (Å²) in [6.45, 7) is 2.80. The van der Waals surface area contributed by atoms with Crippen molar-refractivity contribution in [2.75, 3.05) is 46.0 Å². The zero-order valence-electron chi connectivity index (χ0n) is 19.6. The first kappa shape index (κ1) is 24.2. The Morgan fingerprint density at radius 1 is 0.971 bits per heavy atom. The van der Waals surface area contributed by atoms with Crippen LogP contribution in [-0.4, -0.2) is 62.7 Å². The highest BCUT2D eigenvalue weighted by Gasteiger charge is 2.20. The summed E-state index contributed by atoms with van der Waals surface area (Å²) in [5, 5.41) is 11.0. The number of hydrogen-bond acceptors (Lipinski definition) is 7. The zero-order valence-corrected chi connectivity index (χ0v) is 21.2. The van der Waals surface area contributed by atoms with Gasteiger partial charge in [-0.25, -0.2) is 4.98 Å². The number of nitrogens with zero attached hydrogens (tertiary/aromatic N) is 3. The van der Waals surface area contributed by atoms with Gasteiger partial charge >= 0.3 is 0 Å². The number of benzene rings is 1. The number of hydrogen-bond donors (Lipinski definition) is 1. The second-order valence-corrected chi connectivity index (χ2v) is 9.34. The lowest BCUT2D eigenvalue weighted by molar-refractivity contribution is 0.0924. The SMILES string of the molecule is COc1cc(OC)c(Cl)c(-c2cc3cnc(NC4CCOC4)cc3c([N-]C3CCOCC3)n2)c1Cl. The van der Waals surface area contributed by atoms with E-state index in [2.05, 4.69) is 10.3 Å². The van der Waals surface area contributed by atoms with Crippen molar-refractivity contribution in [3.05, 3.63) is 39.8 Å². The lowest BCUT2D eigenvalue weighted by Gasteiger charge is -2.31. The third-order valence-electron chi connectivity index (χ3n) is 6.30. The molecule has 2 fully saturated rings. The Bertz CT molecular complexity index is 1190. The van der Waals surface area contributed by atoms with E-state index >= 15 is 0 Å². The number of nitrogens with one attached hydrogen (secondary N) is 1. The van der Waals surface area contributed by atoms with E-state index in [9.17, 15) is 0 Å². The summed E-state index contributed by atoms with van der Waals surface area (Å²) in [6, 6.07) is 5.94. The Labute approximate surface area is 214 Å². The minimum atomic E-state index is 0.119. The van der Waals surface area contributed by atoms with Crippen LogP contribution >= 0.6 is 23.2 Å². The van der Waals surface area contributed by atoms with Gasteiger partial charge in [-0.05, 0) is 48.5 Å². The number of ether oxygens (including phenoxy) is 4. The van der Waals surface area contributed by atoms with Gasteiger partial charge in [0.05, 0.1) is 36.9 Å². The molecule has 5 rings (SSSR count). The number of pyridine rings is 2. The monoisotopic (exact) mass is 517 g/mol. The molecular weight excluding hydrogens is 491 g/mol. The first-order valence-corrected chi connectivity index (χ1v) is 12.4. The van der Waals surface area contributed by atoms with Gasteiger partial charge in [0.1, 0.15) is 17.3 Å². The molecule has 8 nitrogen and oxygen atoms in total. The van der Waals surface area contributed by atoms with E-state index in [0.29, 0.717) is 58.4 Å². The quantitative estimate of drug-likeness (QED) is 0.410. The fourth-order valence-corrected chi connectivity index (χ4v) is 5.08. The average Bonchev–Trinajstić information content (AvgIpc) is 3.38. The van der Waals surface area contributed by atoms with Crippen molar-refractivity contribution >= 4 is 45.6 Å². The van der Waals surface area contributed by atoms with E-state index in [4.69, 9.17) is 52.5 Å². The third kappa shape index (κ3) is 5.07. The summed E-state index contributed by atoms with van der Waals surface area (Å²) >= 11 is 13.4. The van der Waals surface area contributed by atoms with Crippen molar-refractivity contribution in [3.63, 3.8) is 0 Å². The molecule has 2 aliphatic rings. The van der Waals surface area contributed by atoms with Gasteiger partial charge in [-0.2, -0.15) is 0 Å². The molecule has 3 aromatic rings. The zero-order chi connectivity index (χ0) is 24.4. The molecule has 1 aromatic carbocycles. The van der Waals surface area contributed by atoms with Crippen LogP contribution in [0.3, 0.4) is 0 Å². The lowest BCUT2D eigenvalue weighted by atomic mass is 10.1. The highest BCUT2D eigenvalue weighted by molar-refractivity contribution is 6.41. The molecule has 0 bridgehead atoms. The van der Waals surface area contributed by atoms with Gasteiger partial charge in [-0.1, -0.05) is 29.0 Å². The van der Waals surface area contributed by atoms with E-state index in [-0.39, 0.29) is 12.1 Å². The average molecular weight is 518 g/mol. The van der Waals surface area contributed by atoms with Crippen LogP contribution in [0, 0.1) is 0 Å². The van der Waals surface area contributed by atoms with Crippen LogP contribution in [0.25, 0.3) is 27.3 Å². The second kappa shape index (κ2) is 10.6. The standard InChI is InChI=1S/C25H27Cl2N4O4/c1-32-19-11-20(33-2)24(27)22(23(19)26)18-9-14-12-28-21(29-16-5-8-35-13-16)10-17(14)25(31-18)30-15-3-6-34-7-4-15/h9-12,15-16H,3-8,13H2,1-2H3,(H-,28,29,30,31)/q-1. The summed E-state index contributed by atoms with van der Waals surface area (Å²) in [6.07, 6.45) is 4.46. The van der Waals surface area contributed by atoms with Gasteiger partial charge in [-0.3, -0.25) is 0 Å². The number of rotatable bonds is 7. The van der Waals surface area contributed by atoms with Gasteiger partial charge in [0, 0.05) is 43.0 Å². The molecule has 0 saturated carbocycles. The summed E-state index contributed by atoms with van der Waals surface area (Å²) in [5.41, 5.74) is 1.10. The van der Waals surface area contributed by atoms with Crippen LogP contribution in [0.1, 0.15) is 19.3 Å². The summed E-state index contributed by atoms with van der Waals surface area (Å²) in [5.74, 6) is 2.28. The van der Waals surface area contributed by atoms with Crippen molar-refractivity contribution in [1.29, 1.82) is 0 Å². The highest BCUT2D eigenvalue weighted by atomic mass is 35.5. The molecule has 2 aliphatic heterocycles. The fraction of sp³-hybridized carbons (Fsp3) is 0.440. The maximum Gasteiger partial charge on any atom is 0.141 e. The van der Waals surface area contributed by atoms with Gasteiger partial charge in [-0.15, -0.1) is 0 Å². The topological polar surface area (TPSA) is 88.8 Å². The molecule has 0 spiro atoms. The van der Waals surface area contributed by atoms with Crippen molar-refractivity contribution < 1.29 is 18.9 Å². The van der Waals surface area contributed by atoms with Crippen LogP contribution in [0.15, 0.2) is 24.4 Å². The van der Waals surface area contributed by atoms with E-state index < -0.39 is 0 Å². The van der Waals surface area contributed by atoms with Crippen molar-refractivity contribution in [2.45, 2.75) is 31.3 Å². The van der Waals surface area contributed by atoms with E-state index in [1.165, 1.54) is 0 Å². The van der Waals surface area contributed by atoms with Crippen molar-refractivity contribution in [3.8, 4) is 22.8 Å². The smallest absolute Gasteiger partial charge is 0.141 e. The molecule has 35 heavy (non-hydrogen) atoms. The van der Waals surface area contributed by atoms with Crippen LogP contribution in [0.2, 0.25) is 10.0 Å². The molecule has 2 saturated heterocycles. The molecule has 2 aromatic heterocycles.